The van der Waals surface area contributed by atoms with Gasteiger partial charge in [0.25, 0.3) is 0 Å². The third-order valence-electron chi connectivity index (χ3n) is 2.17. The molecule has 0 saturated carbocycles. The Labute approximate surface area is 88.7 Å². The van der Waals surface area contributed by atoms with Gasteiger partial charge in [-0.2, -0.15) is 10.5 Å². The van der Waals surface area contributed by atoms with E-state index in [4.69, 9.17) is 16.3 Å². The van der Waals surface area contributed by atoms with Crippen LogP contribution in [-0.4, -0.2) is 15.1 Å². The number of nitrogens with two attached hydrogens (primary N) is 1. The Morgan fingerprint density at radius 1 is 1.60 bits per heavy atom. The van der Waals surface area contributed by atoms with Crippen molar-refractivity contribution in [3.05, 3.63) is 18.2 Å². The highest BCUT2D eigenvalue weighted by Crippen LogP contribution is 2.09. The first-order valence-electron chi connectivity index (χ1n) is 4.70. The average molecular weight is 203 g/mol. The van der Waals surface area contributed by atoms with Gasteiger partial charge in [0.15, 0.2) is 0 Å². The number of imidazole rings is 1. The zero-order valence-corrected chi connectivity index (χ0v) is 8.64. The van der Waals surface area contributed by atoms with Crippen molar-refractivity contribution in [1.29, 1.82) is 10.5 Å². The van der Waals surface area contributed by atoms with Gasteiger partial charge < -0.3 is 10.3 Å². The summed E-state index contributed by atoms with van der Waals surface area (Å²) >= 11 is 0. The number of hydrogen-bond acceptors (Lipinski definition) is 4. The molecule has 1 rings (SSSR count). The molecule has 15 heavy (non-hydrogen) atoms. The molecule has 0 bridgehead atoms. The van der Waals surface area contributed by atoms with Crippen LogP contribution in [-0.2, 0) is 6.54 Å². The first-order chi connectivity index (χ1) is 7.09. The first-order valence-corrected chi connectivity index (χ1v) is 4.70. The topological polar surface area (TPSA) is 91.4 Å². The molecule has 0 saturated heterocycles. The summed E-state index contributed by atoms with van der Waals surface area (Å²) in [6.07, 6.45) is 4.70. The van der Waals surface area contributed by atoms with Crippen molar-refractivity contribution in [3.63, 3.8) is 0 Å². The van der Waals surface area contributed by atoms with Gasteiger partial charge >= 0.3 is 0 Å². The van der Waals surface area contributed by atoms with E-state index in [1.807, 2.05) is 12.1 Å². The van der Waals surface area contributed by atoms with E-state index in [2.05, 4.69) is 4.98 Å². The summed E-state index contributed by atoms with van der Waals surface area (Å²) in [7, 11) is 0. The lowest BCUT2D eigenvalue weighted by Crippen LogP contribution is -2.34. The van der Waals surface area contributed by atoms with E-state index >= 15 is 0 Å². The van der Waals surface area contributed by atoms with E-state index < -0.39 is 5.54 Å². The van der Waals surface area contributed by atoms with Crippen LogP contribution in [0.2, 0.25) is 0 Å². The average Bonchev–Trinajstić information content (AvgIpc) is 2.65. The number of aryl methyl sites for hydroxylation is 1. The molecule has 5 nitrogen and oxygen atoms in total. The predicted molar refractivity (Wildman–Crippen MR) is 54.4 cm³/mol. The predicted octanol–water partition coefficient (Wildman–Crippen LogP) is 0.776. The van der Waals surface area contributed by atoms with Gasteiger partial charge in [-0.15, -0.1) is 0 Å². The molecule has 0 amide bonds. The number of hydrogen-bond donors (Lipinski definition) is 1. The summed E-state index contributed by atoms with van der Waals surface area (Å²) in [5.41, 5.74) is 4.89. The molecule has 2 N–H and O–H groups in total. The quantitative estimate of drug-likeness (QED) is 0.782. The van der Waals surface area contributed by atoms with Crippen LogP contribution in [0.3, 0.4) is 0 Å². The maximum atomic E-state index is 8.71. The SMILES string of the molecule is CC(N)(C#N)CCCn1ccnc1C#N. The van der Waals surface area contributed by atoms with Crippen LogP contribution in [0.4, 0.5) is 0 Å². The lowest BCUT2D eigenvalue weighted by Gasteiger charge is -2.14. The maximum Gasteiger partial charge on any atom is 0.212 e. The molecule has 0 aliphatic rings. The third-order valence-corrected chi connectivity index (χ3v) is 2.17. The van der Waals surface area contributed by atoms with Crippen molar-refractivity contribution in [3.8, 4) is 12.1 Å². The van der Waals surface area contributed by atoms with Crippen LogP contribution in [0.15, 0.2) is 12.4 Å². The van der Waals surface area contributed by atoms with Gasteiger partial charge in [-0.25, -0.2) is 4.98 Å². The largest absolute Gasteiger partial charge is 0.323 e. The Kier molecular flexibility index (Phi) is 3.43. The number of aromatic nitrogens is 2. The van der Waals surface area contributed by atoms with Crippen molar-refractivity contribution in [1.82, 2.24) is 9.55 Å². The Morgan fingerprint density at radius 2 is 2.33 bits per heavy atom. The van der Waals surface area contributed by atoms with Gasteiger partial charge in [0, 0.05) is 18.9 Å². The second-order valence-electron chi connectivity index (χ2n) is 3.69. The van der Waals surface area contributed by atoms with Crippen molar-refractivity contribution in [2.45, 2.75) is 31.8 Å². The highest BCUT2D eigenvalue weighted by molar-refractivity contribution is 5.11. The highest BCUT2D eigenvalue weighted by Gasteiger charge is 2.16. The first kappa shape index (κ1) is 11.2. The second kappa shape index (κ2) is 4.59. The Balaban J connectivity index is 2.47. The summed E-state index contributed by atoms with van der Waals surface area (Å²) < 4.78 is 1.76. The van der Waals surface area contributed by atoms with E-state index in [9.17, 15) is 0 Å². The van der Waals surface area contributed by atoms with Gasteiger partial charge in [0.2, 0.25) is 5.82 Å². The Hall–Kier alpha value is -1.85. The zero-order chi connectivity index (χ0) is 11.3. The van der Waals surface area contributed by atoms with Crippen LogP contribution in [0.1, 0.15) is 25.6 Å². The lowest BCUT2D eigenvalue weighted by atomic mass is 9.99. The van der Waals surface area contributed by atoms with Crippen molar-refractivity contribution in [2.24, 2.45) is 5.73 Å². The minimum atomic E-state index is -0.784. The van der Waals surface area contributed by atoms with E-state index in [1.165, 1.54) is 0 Å². The number of rotatable bonds is 4. The van der Waals surface area contributed by atoms with Gasteiger partial charge in [0.05, 0.1) is 6.07 Å². The Bertz CT molecular complexity index is 404. The van der Waals surface area contributed by atoms with E-state index in [0.717, 1.165) is 6.42 Å². The normalized spacial score (nSPS) is 13.9. The fourth-order valence-corrected chi connectivity index (χ4v) is 1.28. The molecule has 1 atom stereocenters. The minimum Gasteiger partial charge on any atom is -0.323 e. The van der Waals surface area contributed by atoms with Gasteiger partial charge in [0.1, 0.15) is 11.6 Å². The summed E-state index contributed by atoms with van der Waals surface area (Å²) in [6.45, 7) is 2.36. The van der Waals surface area contributed by atoms with Crippen LogP contribution >= 0.6 is 0 Å². The standard InChI is InChI=1S/C10H13N5/c1-10(13,8-12)3-2-5-15-6-4-14-9(15)7-11/h4,6H,2-3,5,13H2,1H3. The molecule has 0 fully saturated rings. The lowest BCUT2D eigenvalue weighted by molar-refractivity contribution is 0.487. The maximum absolute atomic E-state index is 8.71. The third kappa shape index (κ3) is 3.08. The molecular weight excluding hydrogens is 190 g/mol. The molecule has 1 aromatic rings. The second-order valence-corrected chi connectivity index (χ2v) is 3.69. The Morgan fingerprint density at radius 3 is 2.93 bits per heavy atom. The fourth-order valence-electron chi connectivity index (χ4n) is 1.28. The molecule has 1 heterocycles. The van der Waals surface area contributed by atoms with Gasteiger partial charge in [-0.3, -0.25) is 0 Å². The molecule has 78 valence electrons. The fraction of sp³-hybridized carbons (Fsp3) is 0.500. The molecule has 0 radical (unpaired) electrons. The number of nitriles is 2. The van der Waals surface area contributed by atoms with Crippen LogP contribution in [0.5, 0.6) is 0 Å². The summed E-state index contributed by atoms with van der Waals surface area (Å²) in [5.74, 6) is 0.394. The van der Waals surface area contributed by atoms with E-state index in [0.29, 0.717) is 18.8 Å². The smallest absolute Gasteiger partial charge is 0.212 e. The highest BCUT2D eigenvalue weighted by atomic mass is 15.1. The zero-order valence-electron chi connectivity index (χ0n) is 8.64. The molecule has 0 spiro atoms. The summed E-state index contributed by atoms with van der Waals surface area (Å²) in [4.78, 5) is 3.88. The van der Waals surface area contributed by atoms with Crippen LogP contribution in [0, 0.1) is 22.7 Å². The van der Waals surface area contributed by atoms with E-state index in [1.54, 1.807) is 23.9 Å². The molecule has 5 heteroatoms. The molecule has 1 unspecified atom stereocenters. The van der Waals surface area contributed by atoms with Gasteiger partial charge in [-0.05, 0) is 19.8 Å². The van der Waals surface area contributed by atoms with Crippen molar-refractivity contribution in [2.75, 3.05) is 0 Å². The summed E-state index contributed by atoms with van der Waals surface area (Å²) in [5, 5.41) is 17.4. The molecule has 0 aliphatic heterocycles. The van der Waals surface area contributed by atoms with Crippen LogP contribution < -0.4 is 5.73 Å². The molecule has 0 aliphatic carbocycles. The molecule has 1 aromatic heterocycles. The van der Waals surface area contributed by atoms with Crippen molar-refractivity contribution >= 4 is 0 Å². The molecule has 0 aromatic carbocycles. The minimum absolute atomic E-state index is 0.394. The van der Waals surface area contributed by atoms with Gasteiger partial charge in [-0.1, -0.05) is 0 Å². The number of nitrogens with zero attached hydrogens (tertiary/aromatic N) is 4. The summed E-state index contributed by atoms with van der Waals surface area (Å²) in [6, 6.07) is 4.03. The molecular formula is C10H13N5. The van der Waals surface area contributed by atoms with Crippen LogP contribution in [0.25, 0.3) is 0 Å². The monoisotopic (exact) mass is 203 g/mol. The van der Waals surface area contributed by atoms with E-state index in [-0.39, 0.29) is 0 Å². The van der Waals surface area contributed by atoms with Crippen molar-refractivity contribution < 1.29 is 0 Å².